The van der Waals surface area contributed by atoms with E-state index in [1.54, 1.807) is 6.07 Å². The van der Waals surface area contributed by atoms with Crippen molar-refractivity contribution in [3.05, 3.63) is 129 Å². The lowest BCUT2D eigenvalue weighted by molar-refractivity contribution is 0.00578. The SMILES string of the molecule is CC1(C)OB(C2=CC=[C+]C=C2)OC1(C)C.Clc1cc(-c2ccccc2)nc(-c2ccccc2)n1.Clc1cc(Cl)nc(Cl)n1. The molecule has 1 fully saturated rings. The Morgan fingerprint density at radius 3 is 1.72 bits per heavy atom. The number of rotatable bonds is 3. The molecule has 4 aromatic rings. The van der Waals surface area contributed by atoms with E-state index in [9.17, 15) is 0 Å². The zero-order chi connectivity index (χ0) is 31.0. The van der Waals surface area contributed by atoms with Crippen molar-refractivity contribution in [1.82, 2.24) is 19.9 Å². The van der Waals surface area contributed by atoms with Gasteiger partial charge in [0, 0.05) is 41.5 Å². The standard InChI is InChI=1S/C16H11ClN2.C12H16BO2.C4HCl3N2/c17-15-11-14(12-7-3-1-4-8-12)18-16(19-15)13-9-5-2-6-10-13;1-11(2)12(3,4)15-13(14-11)10-8-6-5-7-9-10;5-2-1-3(6)9-4(7)8-2/h1-11H;6-9H,1-4H3;1H/q;+1;. The van der Waals surface area contributed by atoms with Crippen LogP contribution in [0.15, 0.2) is 103 Å². The van der Waals surface area contributed by atoms with Gasteiger partial charge in [0.05, 0.1) is 22.4 Å². The molecule has 1 aliphatic heterocycles. The number of hydrogen-bond acceptors (Lipinski definition) is 6. The van der Waals surface area contributed by atoms with E-state index in [0.717, 1.165) is 22.3 Å². The van der Waals surface area contributed by atoms with Gasteiger partial charge in [-0.15, -0.1) is 0 Å². The van der Waals surface area contributed by atoms with Crippen LogP contribution in [0.25, 0.3) is 22.6 Å². The predicted octanol–water partition coefficient (Wildman–Crippen LogP) is 9.37. The predicted molar refractivity (Wildman–Crippen MR) is 176 cm³/mol. The highest BCUT2D eigenvalue weighted by atomic mass is 35.5. The summed E-state index contributed by atoms with van der Waals surface area (Å²) in [6.07, 6.45) is 10.7. The van der Waals surface area contributed by atoms with E-state index in [-0.39, 0.29) is 33.9 Å². The number of nitrogens with zero attached hydrogens (tertiary/aromatic N) is 4. The van der Waals surface area contributed by atoms with Gasteiger partial charge in [0.15, 0.2) is 5.82 Å². The molecule has 11 heteroatoms. The highest BCUT2D eigenvalue weighted by molar-refractivity contribution is 6.55. The third-order valence-corrected chi connectivity index (χ3v) is 7.45. The van der Waals surface area contributed by atoms with Crippen molar-refractivity contribution in [2.24, 2.45) is 0 Å². The number of allylic oxidation sites excluding steroid dienone is 6. The van der Waals surface area contributed by atoms with E-state index in [2.05, 4.69) is 53.7 Å². The fourth-order valence-electron chi connectivity index (χ4n) is 3.79. The van der Waals surface area contributed by atoms with Crippen LogP contribution < -0.4 is 0 Å². The van der Waals surface area contributed by atoms with E-state index >= 15 is 0 Å². The minimum Gasteiger partial charge on any atom is -0.398 e. The Bertz CT molecular complexity index is 1510. The normalized spacial score (nSPS) is 15.8. The third kappa shape index (κ3) is 9.18. The van der Waals surface area contributed by atoms with Crippen LogP contribution in [0.1, 0.15) is 27.7 Å². The molecular weight excluding hydrogens is 625 g/mol. The summed E-state index contributed by atoms with van der Waals surface area (Å²) in [7, 11) is -0.260. The number of aromatic nitrogens is 4. The van der Waals surface area contributed by atoms with Gasteiger partial charge in [0.2, 0.25) is 5.28 Å². The molecule has 2 aliphatic rings. The van der Waals surface area contributed by atoms with Crippen molar-refractivity contribution in [1.29, 1.82) is 0 Å². The van der Waals surface area contributed by atoms with E-state index in [1.165, 1.54) is 6.07 Å². The average molecular weight is 653 g/mol. The first kappa shape index (κ1) is 32.8. The van der Waals surface area contributed by atoms with Crippen molar-refractivity contribution in [3.63, 3.8) is 0 Å². The first-order valence-corrected chi connectivity index (χ1v) is 14.8. The summed E-state index contributed by atoms with van der Waals surface area (Å²) in [5, 5.41) is 1.01. The van der Waals surface area contributed by atoms with Crippen molar-refractivity contribution in [2.75, 3.05) is 0 Å². The molecule has 1 aliphatic carbocycles. The van der Waals surface area contributed by atoms with Gasteiger partial charge in [-0.05, 0) is 39.3 Å². The van der Waals surface area contributed by atoms with Crippen LogP contribution in [0.2, 0.25) is 20.7 Å². The Labute approximate surface area is 272 Å². The molecular formula is C32H28BCl4N4O2+. The molecule has 0 saturated carbocycles. The Morgan fingerprint density at radius 2 is 1.21 bits per heavy atom. The molecule has 2 aromatic carbocycles. The van der Waals surface area contributed by atoms with Crippen LogP contribution >= 0.6 is 46.4 Å². The molecule has 218 valence electrons. The fraction of sp³-hybridized carbons (Fsp3) is 0.188. The number of benzene rings is 2. The summed E-state index contributed by atoms with van der Waals surface area (Å²) in [6, 6.07) is 23.0. The molecule has 6 nitrogen and oxygen atoms in total. The maximum atomic E-state index is 6.10. The van der Waals surface area contributed by atoms with Gasteiger partial charge in [-0.2, -0.15) is 0 Å². The molecule has 2 aromatic heterocycles. The van der Waals surface area contributed by atoms with Crippen molar-refractivity contribution in [3.8, 4) is 22.6 Å². The van der Waals surface area contributed by atoms with Gasteiger partial charge in [0.1, 0.15) is 27.6 Å². The zero-order valence-electron chi connectivity index (χ0n) is 23.9. The lowest BCUT2D eigenvalue weighted by Gasteiger charge is -2.32. The average Bonchev–Trinajstić information content (AvgIpc) is 3.20. The van der Waals surface area contributed by atoms with Crippen LogP contribution in [0, 0.1) is 6.08 Å². The van der Waals surface area contributed by atoms with E-state index < -0.39 is 0 Å². The molecule has 6 rings (SSSR count). The van der Waals surface area contributed by atoms with Gasteiger partial charge in [-0.25, -0.2) is 19.9 Å². The smallest absolute Gasteiger partial charge is 0.398 e. The first-order valence-electron chi connectivity index (χ1n) is 13.3. The van der Waals surface area contributed by atoms with Crippen LogP contribution in [-0.2, 0) is 9.31 Å². The minimum atomic E-state index is -0.267. The molecule has 0 amide bonds. The summed E-state index contributed by atoms with van der Waals surface area (Å²) in [5.41, 5.74) is 3.34. The molecule has 43 heavy (non-hydrogen) atoms. The molecule has 0 atom stereocenters. The van der Waals surface area contributed by atoms with Crippen molar-refractivity contribution in [2.45, 2.75) is 38.9 Å². The number of halogens is 4. The third-order valence-electron chi connectivity index (χ3n) is 6.70. The maximum absolute atomic E-state index is 6.10. The molecule has 3 heterocycles. The van der Waals surface area contributed by atoms with E-state index in [0.29, 0.717) is 11.0 Å². The molecule has 0 radical (unpaired) electrons. The highest BCUT2D eigenvalue weighted by Gasteiger charge is 2.53. The molecule has 0 unspecified atom stereocenters. The van der Waals surface area contributed by atoms with Gasteiger partial charge in [-0.3, -0.25) is 0 Å². The minimum absolute atomic E-state index is 0.0625. The Balaban J connectivity index is 0.000000157. The summed E-state index contributed by atoms with van der Waals surface area (Å²) in [4.78, 5) is 16.0. The van der Waals surface area contributed by atoms with Crippen LogP contribution in [0.3, 0.4) is 0 Å². The topological polar surface area (TPSA) is 70.0 Å². The lowest BCUT2D eigenvalue weighted by atomic mass is 9.77. The second-order valence-corrected chi connectivity index (χ2v) is 11.8. The molecule has 0 bridgehead atoms. The Hall–Kier alpha value is -3.13. The van der Waals surface area contributed by atoms with Gasteiger partial charge >= 0.3 is 7.12 Å². The first-order chi connectivity index (χ1) is 20.4. The summed E-state index contributed by atoms with van der Waals surface area (Å²) >= 11 is 22.3. The Kier molecular flexibility index (Phi) is 11.1. The monoisotopic (exact) mass is 651 g/mol. The molecule has 1 saturated heterocycles. The lowest BCUT2D eigenvalue weighted by Crippen LogP contribution is -2.41. The van der Waals surface area contributed by atoms with Crippen LogP contribution in [0.5, 0.6) is 0 Å². The van der Waals surface area contributed by atoms with Crippen molar-refractivity contribution < 1.29 is 9.31 Å². The summed E-state index contributed by atoms with van der Waals surface area (Å²) in [6.45, 7) is 8.23. The summed E-state index contributed by atoms with van der Waals surface area (Å²) < 4.78 is 11.8. The summed E-state index contributed by atoms with van der Waals surface area (Å²) in [5.74, 6) is 0.645. The zero-order valence-corrected chi connectivity index (χ0v) is 27.0. The second kappa shape index (κ2) is 14.6. The van der Waals surface area contributed by atoms with E-state index in [1.807, 2.05) is 85.0 Å². The highest BCUT2D eigenvalue weighted by Crippen LogP contribution is 2.39. The van der Waals surface area contributed by atoms with Crippen LogP contribution in [0.4, 0.5) is 0 Å². The quantitative estimate of drug-likeness (QED) is 0.0951. The largest absolute Gasteiger partial charge is 0.523 e. The Morgan fingerprint density at radius 1 is 0.674 bits per heavy atom. The van der Waals surface area contributed by atoms with Gasteiger partial charge in [-0.1, -0.05) is 95.5 Å². The number of hydrogen-bond donors (Lipinski definition) is 0. The molecule has 0 N–H and O–H groups in total. The fourth-order valence-corrected chi connectivity index (χ4v) is 4.67. The molecule has 0 spiro atoms. The van der Waals surface area contributed by atoms with Crippen molar-refractivity contribution >= 4 is 53.5 Å². The van der Waals surface area contributed by atoms with Crippen LogP contribution in [-0.4, -0.2) is 38.3 Å². The van der Waals surface area contributed by atoms with Gasteiger partial charge < -0.3 is 9.31 Å². The van der Waals surface area contributed by atoms with Gasteiger partial charge in [0.25, 0.3) is 0 Å². The maximum Gasteiger partial charge on any atom is 0.523 e. The van der Waals surface area contributed by atoms with E-state index in [4.69, 9.17) is 55.7 Å². The second-order valence-electron chi connectivity index (χ2n) is 10.3.